The number of nitrogens with zero attached hydrogens (tertiary/aromatic N) is 4. The second kappa shape index (κ2) is 8.30. The lowest BCUT2D eigenvalue weighted by Crippen LogP contribution is -2.32. The highest BCUT2D eigenvalue weighted by molar-refractivity contribution is 5.90. The molecule has 0 saturated carbocycles. The predicted octanol–water partition coefficient (Wildman–Crippen LogP) is 4.87. The number of nitrogens with one attached hydrogen (secondary N) is 2. The lowest BCUT2D eigenvalue weighted by atomic mass is 10.1. The van der Waals surface area contributed by atoms with Crippen molar-refractivity contribution in [2.75, 3.05) is 30.8 Å². The number of aromatic nitrogens is 3. The first-order chi connectivity index (χ1) is 15.6. The van der Waals surface area contributed by atoms with Crippen LogP contribution in [0.15, 0.2) is 61.1 Å². The zero-order valence-electron chi connectivity index (χ0n) is 17.7. The Balaban J connectivity index is 1.44. The lowest BCUT2D eigenvalue weighted by Gasteiger charge is -2.16. The molecule has 32 heavy (non-hydrogen) atoms. The van der Waals surface area contributed by atoms with Gasteiger partial charge in [-0.15, -0.1) is 0 Å². The molecule has 1 fully saturated rings. The molecule has 1 aliphatic heterocycles. The van der Waals surface area contributed by atoms with E-state index in [-0.39, 0.29) is 6.03 Å². The molecule has 2 amide bonds. The number of benzene rings is 2. The Kier molecular flexibility index (Phi) is 5.18. The maximum atomic E-state index is 14.6. The Hall–Kier alpha value is -3.94. The van der Waals surface area contributed by atoms with Crippen LogP contribution in [0.1, 0.15) is 12.8 Å². The smallest absolute Gasteiger partial charge is 0.321 e. The van der Waals surface area contributed by atoms with Crippen molar-refractivity contribution in [2.45, 2.75) is 12.8 Å². The molecular weight excluding hydrogens is 407 g/mol. The molecule has 4 aromatic rings. The molecule has 2 N–H and O–H groups in total. The molecule has 0 bridgehead atoms. The Labute approximate surface area is 184 Å². The zero-order valence-corrected chi connectivity index (χ0v) is 17.7. The number of rotatable bonds is 4. The van der Waals surface area contributed by atoms with Crippen LogP contribution in [0.25, 0.3) is 28.2 Å². The van der Waals surface area contributed by atoms with E-state index in [4.69, 9.17) is 0 Å². The fourth-order valence-corrected chi connectivity index (χ4v) is 3.92. The predicted molar refractivity (Wildman–Crippen MR) is 123 cm³/mol. The van der Waals surface area contributed by atoms with Crippen molar-refractivity contribution in [3.05, 3.63) is 66.9 Å². The molecule has 2 aromatic heterocycles. The second-order valence-electron chi connectivity index (χ2n) is 7.82. The van der Waals surface area contributed by atoms with Crippen LogP contribution in [0.5, 0.6) is 0 Å². The third kappa shape index (κ3) is 3.87. The highest BCUT2D eigenvalue weighted by atomic mass is 19.1. The standard InChI is InChI=1S/C24H23FN6O/c1-26-18-6-4-16(5-7-18)17-13-27-23-29-22(15-31(23)14-17)20-12-19(8-9-21(20)25)28-24(32)30-10-2-3-11-30/h4-9,12-15,26H,2-3,10-11H2,1H3,(H,28,32). The van der Waals surface area contributed by atoms with Crippen LogP contribution in [0, 0.1) is 5.82 Å². The fraction of sp³-hybridized carbons (Fsp3) is 0.208. The molecule has 0 unspecified atom stereocenters. The van der Waals surface area contributed by atoms with Crippen LogP contribution in [-0.4, -0.2) is 45.4 Å². The fourth-order valence-electron chi connectivity index (χ4n) is 3.92. The number of urea groups is 1. The summed E-state index contributed by atoms with van der Waals surface area (Å²) in [6, 6.07) is 12.4. The average Bonchev–Trinajstić information content (AvgIpc) is 3.50. The van der Waals surface area contributed by atoms with Gasteiger partial charge in [0.15, 0.2) is 0 Å². The van der Waals surface area contributed by atoms with Gasteiger partial charge in [-0.2, -0.15) is 0 Å². The number of likely N-dealkylation sites (tertiary alicyclic amines) is 1. The second-order valence-corrected chi connectivity index (χ2v) is 7.82. The van der Waals surface area contributed by atoms with E-state index in [0.717, 1.165) is 42.7 Å². The van der Waals surface area contributed by atoms with E-state index in [0.29, 0.717) is 22.7 Å². The van der Waals surface area contributed by atoms with Crippen LogP contribution < -0.4 is 10.6 Å². The monoisotopic (exact) mass is 430 g/mol. The lowest BCUT2D eigenvalue weighted by molar-refractivity contribution is 0.222. The molecular formula is C24H23FN6O. The average molecular weight is 430 g/mol. The summed E-state index contributed by atoms with van der Waals surface area (Å²) in [5, 5.41) is 5.96. The van der Waals surface area contributed by atoms with Crippen molar-refractivity contribution in [1.29, 1.82) is 0 Å². The van der Waals surface area contributed by atoms with E-state index < -0.39 is 5.82 Å². The molecule has 1 saturated heterocycles. The van der Waals surface area contributed by atoms with Gasteiger partial charge in [0.2, 0.25) is 5.78 Å². The minimum Gasteiger partial charge on any atom is -0.388 e. The molecule has 1 aliphatic rings. The first-order valence-electron chi connectivity index (χ1n) is 10.6. The normalized spacial score (nSPS) is 13.5. The number of amides is 2. The van der Waals surface area contributed by atoms with E-state index >= 15 is 0 Å². The summed E-state index contributed by atoms with van der Waals surface area (Å²) >= 11 is 0. The van der Waals surface area contributed by atoms with E-state index in [1.54, 1.807) is 33.8 Å². The van der Waals surface area contributed by atoms with Crippen LogP contribution in [-0.2, 0) is 0 Å². The maximum absolute atomic E-state index is 14.6. The summed E-state index contributed by atoms with van der Waals surface area (Å²) in [6.07, 6.45) is 7.45. The van der Waals surface area contributed by atoms with Gasteiger partial charge in [-0.25, -0.2) is 19.2 Å². The number of imidazole rings is 1. The summed E-state index contributed by atoms with van der Waals surface area (Å²) in [7, 11) is 1.88. The zero-order chi connectivity index (χ0) is 22.1. The van der Waals surface area contributed by atoms with E-state index in [1.165, 1.54) is 6.07 Å². The molecule has 0 radical (unpaired) electrons. The highest BCUT2D eigenvalue weighted by Crippen LogP contribution is 2.27. The van der Waals surface area contributed by atoms with Crippen LogP contribution >= 0.6 is 0 Å². The molecule has 162 valence electrons. The summed E-state index contributed by atoms with van der Waals surface area (Å²) < 4.78 is 16.4. The topological polar surface area (TPSA) is 74.6 Å². The van der Waals surface area contributed by atoms with Crippen molar-refractivity contribution in [3.63, 3.8) is 0 Å². The third-order valence-electron chi connectivity index (χ3n) is 5.70. The Morgan fingerprint density at radius 2 is 1.75 bits per heavy atom. The SMILES string of the molecule is CNc1ccc(-c2cnc3nc(-c4cc(NC(=O)N5CCCC5)ccc4F)cn3c2)cc1. The number of halogens is 1. The van der Waals surface area contributed by atoms with Gasteiger partial charge >= 0.3 is 6.03 Å². The van der Waals surface area contributed by atoms with Gasteiger partial charge < -0.3 is 15.5 Å². The molecule has 7 nitrogen and oxygen atoms in total. The summed E-state index contributed by atoms with van der Waals surface area (Å²) in [6.45, 7) is 1.50. The van der Waals surface area contributed by atoms with Crippen LogP contribution in [0.3, 0.4) is 0 Å². The number of carbonyl (C=O) groups excluding carboxylic acids is 1. The summed E-state index contributed by atoms with van der Waals surface area (Å²) in [5.74, 6) is 0.0666. The number of hydrogen-bond acceptors (Lipinski definition) is 4. The molecule has 0 aliphatic carbocycles. The Morgan fingerprint density at radius 1 is 1.00 bits per heavy atom. The van der Waals surface area contributed by atoms with Gasteiger partial charge in [-0.3, -0.25) is 4.40 Å². The van der Waals surface area contributed by atoms with Crippen LogP contribution in [0.2, 0.25) is 0 Å². The van der Waals surface area contributed by atoms with Crippen molar-refractivity contribution >= 4 is 23.2 Å². The van der Waals surface area contributed by atoms with Crippen molar-refractivity contribution < 1.29 is 9.18 Å². The van der Waals surface area contributed by atoms with Gasteiger partial charge in [0.1, 0.15) is 5.82 Å². The molecule has 0 atom stereocenters. The van der Waals surface area contributed by atoms with Gasteiger partial charge in [-0.05, 0) is 48.7 Å². The largest absolute Gasteiger partial charge is 0.388 e. The van der Waals surface area contributed by atoms with Crippen molar-refractivity contribution in [1.82, 2.24) is 19.3 Å². The number of fused-ring (bicyclic) bond motifs is 1. The molecule has 0 spiro atoms. The number of anilines is 2. The molecule has 3 heterocycles. The number of hydrogen-bond donors (Lipinski definition) is 2. The van der Waals surface area contributed by atoms with Crippen molar-refractivity contribution in [2.24, 2.45) is 0 Å². The van der Waals surface area contributed by atoms with Gasteiger partial charge in [0, 0.05) is 61.2 Å². The minimum atomic E-state index is -0.407. The summed E-state index contributed by atoms with van der Waals surface area (Å²) in [5.41, 5.74) is 4.28. The highest BCUT2D eigenvalue weighted by Gasteiger charge is 2.19. The van der Waals surface area contributed by atoms with Crippen LogP contribution in [0.4, 0.5) is 20.6 Å². The van der Waals surface area contributed by atoms with Gasteiger partial charge in [0.05, 0.1) is 5.69 Å². The number of carbonyl (C=O) groups is 1. The molecule has 5 rings (SSSR count). The maximum Gasteiger partial charge on any atom is 0.321 e. The van der Waals surface area contributed by atoms with Gasteiger partial charge in [0.25, 0.3) is 0 Å². The molecule has 2 aromatic carbocycles. The van der Waals surface area contributed by atoms with E-state index in [9.17, 15) is 9.18 Å². The first kappa shape index (κ1) is 20.0. The Morgan fingerprint density at radius 3 is 2.50 bits per heavy atom. The minimum absolute atomic E-state index is 0.161. The van der Waals surface area contributed by atoms with E-state index in [1.807, 2.05) is 37.5 Å². The van der Waals surface area contributed by atoms with Gasteiger partial charge in [-0.1, -0.05) is 12.1 Å². The van der Waals surface area contributed by atoms with E-state index in [2.05, 4.69) is 20.6 Å². The molecule has 8 heteroatoms. The summed E-state index contributed by atoms with van der Waals surface area (Å²) in [4.78, 5) is 23.1. The quantitative estimate of drug-likeness (QED) is 0.484. The first-order valence-corrected chi connectivity index (χ1v) is 10.6. The Bertz CT molecular complexity index is 1280. The third-order valence-corrected chi connectivity index (χ3v) is 5.70. The van der Waals surface area contributed by atoms with Crippen molar-refractivity contribution in [3.8, 4) is 22.4 Å².